The van der Waals surface area contributed by atoms with Gasteiger partial charge in [-0.25, -0.2) is 4.39 Å². The minimum atomic E-state index is -5.06. The predicted octanol–water partition coefficient (Wildman–Crippen LogP) is 5.41. The molecule has 0 unspecified atom stereocenters. The van der Waals surface area contributed by atoms with Gasteiger partial charge in [0.1, 0.15) is 5.82 Å². The van der Waals surface area contributed by atoms with Crippen LogP contribution in [0.3, 0.4) is 0 Å². The summed E-state index contributed by atoms with van der Waals surface area (Å²) in [5, 5.41) is 10.2. The summed E-state index contributed by atoms with van der Waals surface area (Å²) in [7, 11) is 0.839. The predicted molar refractivity (Wildman–Crippen MR) is 130 cm³/mol. The van der Waals surface area contributed by atoms with Crippen molar-refractivity contribution in [3.63, 3.8) is 0 Å². The summed E-state index contributed by atoms with van der Waals surface area (Å²) < 4.78 is 67.8. The van der Waals surface area contributed by atoms with Gasteiger partial charge in [0.15, 0.2) is 0 Å². The summed E-state index contributed by atoms with van der Waals surface area (Å²) in [6.45, 7) is 2.93. The molecule has 0 saturated carbocycles. The van der Waals surface area contributed by atoms with Gasteiger partial charge in [-0.3, -0.25) is 9.59 Å². The number of likely N-dealkylation sites (tertiary alicyclic amines) is 1. The maximum Gasteiger partial charge on any atom is 0.430 e. The first-order valence-electron chi connectivity index (χ1n) is 12.2. The fraction of sp³-hybridized carbons (Fsp3) is 0.464. The Morgan fingerprint density at radius 2 is 1.74 bits per heavy atom. The fourth-order valence-electron chi connectivity index (χ4n) is 5.32. The van der Waals surface area contributed by atoms with Crippen molar-refractivity contribution in [2.24, 2.45) is 5.41 Å². The first kappa shape index (κ1) is 29.1. The number of nitriles is 1. The van der Waals surface area contributed by atoms with Gasteiger partial charge in [0, 0.05) is 31.2 Å². The highest BCUT2D eigenvalue weighted by atomic mass is 19.4. The van der Waals surface area contributed by atoms with Crippen molar-refractivity contribution < 1.29 is 36.6 Å². The molecule has 0 aromatic heterocycles. The molecule has 1 amide bonds. The number of carbonyl (C=O) groups excluding carboxylic acids is 2. The third-order valence-corrected chi connectivity index (χ3v) is 7.40. The number of hydrogen-bond donors (Lipinski definition) is 0. The molecule has 0 N–H and O–H groups in total. The van der Waals surface area contributed by atoms with Gasteiger partial charge in [-0.2, -0.15) is 18.4 Å². The Morgan fingerprint density at radius 3 is 2.26 bits per heavy atom. The summed E-state index contributed by atoms with van der Waals surface area (Å²) in [6, 6.07) is 13.2. The maximum atomic E-state index is 14.4. The Labute approximate surface area is 219 Å². The van der Waals surface area contributed by atoms with Gasteiger partial charge in [0.25, 0.3) is 11.5 Å². The fourth-order valence-corrected chi connectivity index (χ4v) is 5.32. The van der Waals surface area contributed by atoms with E-state index < -0.39 is 40.8 Å². The smallest absolute Gasteiger partial charge is 0.430 e. The largest absolute Gasteiger partial charge is 0.466 e. The first-order chi connectivity index (χ1) is 18.0. The second-order valence-corrected chi connectivity index (χ2v) is 9.40. The number of piperidine rings is 1. The van der Waals surface area contributed by atoms with Gasteiger partial charge in [0.2, 0.25) is 0 Å². The van der Waals surface area contributed by atoms with Crippen LogP contribution in [0.25, 0.3) is 0 Å². The molecule has 38 heavy (non-hydrogen) atoms. The SMILES string of the molecule is CCOC(=O)CC1([C@@H](C#N)c2cccc(F)c2C)CCN(C(=O)[C@](OC)(c2ccccc2)C(F)(F)F)CC1. The Morgan fingerprint density at radius 1 is 1.11 bits per heavy atom. The molecule has 10 heteroatoms. The molecule has 3 rings (SSSR count). The van der Waals surface area contributed by atoms with Crippen molar-refractivity contribution in [2.45, 2.75) is 50.8 Å². The second kappa shape index (κ2) is 11.5. The van der Waals surface area contributed by atoms with Gasteiger partial charge >= 0.3 is 12.1 Å². The molecule has 2 atom stereocenters. The van der Waals surface area contributed by atoms with Crippen molar-refractivity contribution in [2.75, 3.05) is 26.8 Å². The van der Waals surface area contributed by atoms with Crippen molar-refractivity contribution in [1.29, 1.82) is 5.26 Å². The molecule has 1 aliphatic heterocycles. The lowest BCUT2D eigenvalue weighted by molar-refractivity contribution is -0.271. The van der Waals surface area contributed by atoms with Crippen LogP contribution >= 0.6 is 0 Å². The second-order valence-electron chi connectivity index (χ2n) is 9.40. The third-order valence-electron chi connectivity index (χ3n) is 7.40. The highest BCUT2D eigenvalue weighted by Crippen LogP contribution is 2.50. The highest BCUT2D eigenvalue weighted by Gasteiger charge is 2.64. The molecular formula is C28H30F4N2O4. The maximum absolute atomic E-state index is 14.4. The molecule has 2 aromatic carbocycles. The van der Waals surface area contributed by atoms with Crippen LogP contribution in [0.5, 0.6) is 0 Å². The normalized spacial score (nSPS) is 17.7. The minimum Gasteiger partial charge on any atom is -0.466 e. The molecule has 6 nitrogen and oxygen atoms in total. The number of nitrogens with zero attached hydrogens (tertiary/aromatic N) is 2. The van der Waals surface area contributed by atoms with Crippen molar-refractivity contribution >= 4 is 11.9 Å². The average Bonchev–Trinajstić information content (AvgIpc) is 2.88. The number of amides is 1. The number of alkyl halides is 3. The Bertz CT molecular complexity index is 1190. The number of rotatable bonds is 8. The summed E-state index contributed by atoms with van der Waals surface area (Å²) in [4.78, 5) is 27.2. The van der Waals surface area contributed by atoms with Gasteiger partial charge in [-0.15, -0.1) is 0 Å². The van der Waals surface area contributed by atoms with E-state index in [0.29, 0.717) is 5.56 Å². The molecule has 204 valence electrons. The lowest BCUT2D eigenvalue weighted by atomic mass is 9.64. The molecule has 1 aliphatic rings. The Balaban J connectivity index is 2.00. The van der Waals surface area contributed by atoms with Crippen LogP contribution in [0, 0.1) is 29.5 Å². The number of esters is 1. The molecule has 0 bridgehead atoms. The van der Waals surface area contributed by atoms with Crippen molar-refractivity contribution in [3.05, 3.63) is 71.0 Å². The summed E-state index contributed by atoms with van der Waals surface area (Å²) in [5.41, 5.74) is -4.02. The third kappa shape index (κ3) is 5.25. The zero-order valence-electron chi connectivity index (χ0n) is 21.5. The monoisotopic (exact) mass is 534 g/mol. The zero-order valence-corrected chi connectivity index (χ0v) is 21.5. The summed E-state index contributed by atoms with van der Waals surface area (Å²) in [6.07, 6.45) is -5.21. The molecule has 0 radical (unpaired) electrons. The molecule has 1 fully saturated rings. The number of halogens is 4. The van der Waals surface area contributed by atoms with E-state index in [1.165, 1.54) is 49.4 Å². The molecule has 1 saturated heterocycles. The topological polar surface area (TPSA) is 79.6 Å². The molecule has 0 aliphatic carbocycles. The number of methoxy groups -OCH3 is 1. The molecular weight excluding hydrogens is 504 g/mol. The minimum absolute atomic E-state index is 0.0260. The van der Waals surface area contributed by atoms with Crippen LogP contribution in [0.15, 0.2) is 48.5 Å². The highest BCUT2D eigenvalue weighted by molar-refractivity contribution is 5.88. The van der Waals surface area contributed by atoms with Crippen LogP contribution < -0.4 is 0 Å². The van der Waals surface area contributed by atoms with E-state index in [2.05, 4.69) is 6.07 Å². The van der Waals surface area contributed by atoms with Gasteiger partial charge < -0.3 is 14.4 Å². The van der Waals surface area contributed by atoms with E-state index >= 15 is 0 Å². The van der Waals surface area contributed by atoms with Crippen LogP contribution in [-0.4, -0.2) is 49.8 Å². The van der Waals surface area contributed by atoms with E-state index in [0.717, 1.165) is 12.0 Å². The number of carbonyl (C=O) groups is 2. The van der Waals surface area contributed by atoms with Crippen LogP contribution in [0.2, 0.25) is 0 Å². The van der Waals surface area contributed by atoms with Gasteiger partial charge in [-0.1, -0.05) is 42.5 Å². The first-order valence-corrected chi connectivity index (χ1v) is 12.2. The quantitative estimate of drug-likeness (QED) is 0.334. The van der Waals surface area contributed by atoms with Gasteiger partial charge in [-0.05, 0) is 43.9 Å². The molecule has 2 aromatic rings. The van der Waals surface area contributed by atoms with Crippen molar-refractivity contribution in [3.8, 4) is 6.07 Å². The lowest BCUT2D eigenvalue weighted by Crippen LogP contribution is -2.59. The van der Waals surface area contributed by atoms with Crippen molar-refractivity contribution in [1.82, 2.24) is 4.90 Å². The lowest BCUT2D eigenvalue weighted by Gasteiger charge is -2.46. The van der Waals surface area contributed by atoms with Crippen LogP contribution in [0.1, 0.15) is 48.8 Å². The van der Waals surface area contributed by atoms with E-state index in [1.807, 2.05) is 0 Å². The standard InChI is InChI=1S/C28H30F4N2O4/c1-4-38-24(35)17-26(22(18-33)21-11-8-12-23(29)19(21)2)13-15-34(16-14-26)25(36)27(37-3,28(30,31)32)20-9-6-5-7-10-20/h5-12,22H,4,13-17H2,1-3H3/t22-,27+/m0/s1. The number of benzene rings is 2. The van der Waals surface area contributed by atoms with Gasteiger partial charge in [0.05, 0.1) is 25.0 Å². The van der Waals surface area contributed by atoms with Crippen LogP contribution in [-0.2, 0) is 24.7 Å². The summed E-state index contributed by atoms with van der Waals surface area (Å²) in [5.74, 6) is -3.32. The Hall–Kier alpha value is -3.45. The van der Waals surface area contributed by atoms with E-state index in [4.69, 9.17) is 9.47 Å². The Kier molecular flexibility index (Phi) is 8.82. The number of ether oxygens (including phenoxy) is 2. The van der Waals surface area contributed by atoms with E-state index in [-0.39, 0.29) is 50.1 Å². The van der Waals surface area contributed by atoms with E-state index in [9.17, 15) is 32.4 Å². The number of hydrogen-bond acceptors (Lipinski definition) is 5. The molecule has 0 spiro atoms. The van der Waals surface area contributed by atoms with Crippen LogP contribution in [0.4, 0.5) is 17.6 Å². The average molecular weight is 535 g/mol. The van der Waals surface area contributed by atoms with E-state index in [1.54, 1.807) is 13.0 Å². The zero-order chi connectivity index (χ0) is 28.1. The summed E-state index contributed by atoms with van der Waals surface area (Å²) >= 11 is 0. The molecule has 1 heterocycles.